The maximum atomic E-state index is 13.3. The highest BCUT2D eigenvalue weighted by Gasteiger charge is 2.32. The second kappa shape index (κ2) is 6.45. The summed E-state index contributed by atoms with van der Waals surface area (Å²) in [6, 6.07) is 16.0. The van der Waals surface area contributed by atoms with Crippen LogP contribution in [-0.4, -0.2) is 23.9 Å². The van der Waals surface area contributed by atoms with Crippen molar-refractivity contribution in [3.63, 3.8) is 0 Å². The van der Waals surface area contributed by atoms with Crippen molar-refractivity contribution in [1.29, 1.82) is 5.26 Å². The topological polar surface area (TPSA) is 44.1 Å². The zero-order valence-corrected chi connectivity index (χ0v) is 13.6. The molecule has 0 saturated carbocycles. The predicted octanol–water partition coefficient (Wildman–Crippen LogP) is 4.26. The van der Waals surface area contributed by atoms with Crippen molar-refractivity contribution in [2.24, 2.45) is 5.41 Å². The summed E-state index contributed by atoms with van der Waals surface area (Å²) in [5.74, 6) is -0.290. The Balaban J connectivity index is 1.72. The maximum Gasteiger partial charge on any atom is 0.253 e. The van der Waals surface area contributed by atoms with Gasteiger partial charge < -0.3 is 4.90 Å². The fourth-order valence-corrected chi connectivity index (χ4v) is 2.97. The fourth-order valence-electron chi connectivity index (χ4n) is 2.97. The smallest absolute Gasteiger partial charge is 0.253 e. The number of piperidine rings is 1. The van der Waals surface area contributed by atoms with E-state index >= 15 is 0 Å². The molecule has 1 fully saturated rings. The molecule has 0 aliphatic carbocycles. The highest BCUT2D eigenvalue weighted by molar-refractivity contribution is 5.94. The monoisotopic (exact) mass is 322 g/mol. The first-order valence-electron chi connectivity index (χ1n) is 8.07. The zero-order chi connectivity index (χ0) is 17.2. The van der Waals surface area contributed by atoms with Crippen LogP contribution in [0.3, 0.4) is 0 Å². The quantitative estimate of drug-likeness (QED) is 0.829. The van der Waals surface area contributed by atoms with E-state index in [9.17, 15) is 14.4 Å². The van der Waals surface area contributed by atoms with Crippen molar-refractivity contribution < 1.29 is 9.18 Å². The Morgan fingerprint density at radius 2 is 1.79 bits per heavy atom. The van der Waals surface area contributed by atoms with Crippen LogP contribution in [0, 0.1) is 22.6 Å². The van der Waals surface area contributed by atoms with Crippen LogP contribution in [0.2, 0.25) is 0 Å². The average Bonchev–Trinajstić information content (AvgIpc) is 2.62. The average molecular weight is 322 g/mol. The molecule has 1 heterocycles. The second-order valence-electron chi connectivity index (χ2n) is 6.55. The van der Waals surface area contributed by atoms with Gasteiger partial charge in [0.2, 0.25) is 0 Å². The molecule has 0 radical (unpaired) electrons. The molecule has 1 saturated heterocycles. The molecule has 0 atom stereocenters. The number of benzene rings is 2. The molecule has 0 spiro atoms. The highest BCUT2D eigenvalue weighted by atomic mass is 19.1. The van der Waals surface area contributed by atoms with Crippen LogP contribution in [0.5, 0.6) is 0 Å². The van der Waals surface area contributed by atoms with Gasteiger partial charge in [-0.25, -0.2) is 4.39 Å². The van der Waals surface area contributed by atoms with Gasteiger partial charge in [0.1, 0.15) is 5.82 Å². The number of nitriles is 1. The molecule has 0 unspecified atom stereocenters. The lowest BCUT2D eigenvalue weighted by Crippen LogP contribution is -2.41. The zero-order valence-electron chi connectivity index (χ0n) is 13.6. The lowest BCUT2D eigenvalue weighted by Gasteiger charge is -2.35. The number of halogens is 1. The van der Waals surface area contributed by atoms with E-state index in [-0.39, 0.29) is 17.1 Å². The summed E-state index contributed by atoms with van der Waals surface area (Å²) < 4.78 is 13.3. The predicted molar refractivity (Wildman–Crippen MR) is 90.7 cm³/mol. The molecule has 1 aliphatic heterocycles. The number of rotatable bonds is 2. The van der Waals surface area contributed by atoms with E-state index in [1.807, 2.05) is 25.1 Å². The third kappa shape index (κ3) is 3.30. The number of hydrogen-bond donors (Lipinski definition) is 0. The SMILES string of the molecule is CC1(C#N)CCN(C(=O)c2ccc(-c3cccc(F)c3)cc2)CC1. The largest absolute Gasteiger partial charge is 0.339 e. The Kier molecular flexibility index (Phi) is 4.35. The minimum Gasteiger partial charge on any atom is -0.339 e. The Labute approximate surface area is 141 Å². The van der Waals surface area contributed by atoms with Gasteiger partial charge in [-0.1, -0.05) is 24.3 Å². The molecule has 2 aromatic rings. The molecule has 0 aromatic heterocycles. The fraction of sp³-hybridized carbons (Fsp3) is 0.300. The Hall–Kier alpha value is -2.67. The first-order valence-corrected chi connectivity index (χ1v) is 8.07. The van der Waals surface area contributed by atoms with E-state index < -0.39 is 0 Å². The minimum atomic E-state index is -0.321. The number of likely N-dealkylation sites (tertiary alicyclic amines) is 1. The van der Waals surface area contributed by atoms with Crippen molar-refractivity contribution in [2.75, 3.05) is 13.1 Å². The van der Waals surface area contributed by atoms with E-state index in [2.05, 4.69) is 6.07 Å². The molecule has 1 aliphatic rings. The van der Waals surface area contributed by atoms with Crippen LogP contribution in [-0.2, 0) is 0 Å². The standard InChI is InChI=1S/C20H19FN2O/c1-20(14-22)9-11-23(12-10-20)19(24)16-7-5-15(6-8-16)17-3-2-4-18(21)13-17/h2-8,13H,9-12H2,1H3. The molecular weight excluding hydrogens is 303 g/mol. The van der Waals surface area contributed by atoms with Gasteiger partial charge in [0.05, 0.1) is 11.5 Å². The van der Waals surface area contributed by atoms with Gasteiger partial charge in [-0.05, 0) is 55.2 Å². The van der Waals surface area contributed by atoms with Gasteiger partial charge in [0.25, 0.3) is 5.91 Å². The van der Waals surface area contributed by atoms with Crippen molar-refractivity contribution in [3.05, 3.63) is 59.9 Å². The van der Waals surface area contributed by atoms with Crippen molar-refractivity contribution in [2.45, 2.75) is 19.8 Å². The van der Waals surface area contributed by atoms with E-state index in [1.165, 1.54) is 12.1 Å². The molecule has 122 valence electrons. The normalized spacial score (nSPS) is 16.5. The Morgan fingerprint density at radius 3 is 2.38 bits per heavy atom. The van der Waals surface area contributed by atoms with Gasteiger partial charge in [-0.2, -0.15) is 5.26 Å². The van der Waals surface area contributed by atoms with Crippen LogP contribution in [0.1, 0.15) is 30.1 Å². The summed E-state index contributed by atoms with van der Waals surface area (Å²) in [6.45, 7) is 3.16. The second-order valence-corrected chi connectivity index (χ2v) is 6.55. The number of nitrogens with zero attached hydrogens (tertiary/aromatic N) is 2. The summed E-state index contributed by atoms with van der Waals surface area (Å²) in [5, 5.41) is 9.17. The molecular formula is C20H19FN2O. The summed E-state index contributed by atoms with van der Waals surface area (Å²) >= 11 is 0. The summed E-state index contributed by atoms with van der Waals surface area (Å²) in [5.41, 5.74) is 1.96. The third-order valence-electron chi connectivity index (χ3n) is 4.71. The summed E-state index contributed by atoms with van der Waals surface area (Å²) in [6.07, 6.45) is 1.41. The van der Waals surface area contributed by atoms with Gasteiger partial charge in [-0.15, -0.1) is 0 Å². The van der Waals surface area contributed by atoms with E-state index in [1.54, 1.807) is 23.1 Å². The molecule has 4 heteroatoms. The van der Waals surface area contributed by atoms with Gasteiger partial charge in [0.15, 0.2) is 0 Å². The van der Waals surface area contributed by atoms with Gasteiger partial charge in [-0.3, -0.25) is 4.79 Å². The molecule has 3 rings (SSSR count). The van der Waals surface area contributed by atoms with Gasteiger partial charge >= 0.3 is 0 Å². The van der Waals surface area contributed by atoms with E-state index in [0.717, 1.165) is 11.1 Å². The van der Waals surface area contributed by atoms with Crippen LogP contribution in [0.25, 0.3) is 11.1 Å². The number of carbonyl (C=O) groups excluding carboxylic acids is 1. The molecule has 3 nitrogen and oxygen atoms in total. The van der Waals surface area contributed by atoms with Crippen LogP contribution in [0.4, 0.5) is 4.39 Å². The van der Waals surface area contributed by atoms with E-state index in [0.29, 0.717) is 31.5 Å². The maximum absolute atomic E-state index is 13.3. The minimum absolute atomic E-state index is 0.0132. The van der Waals surface area contributed by atoms with Crippen molar-refractivity contribution in [3.8, 4) is 17.2 Å². The lowest BCUT2D eigenvalue weighted by molar-refractivity contribution is 0.0661. The summed E-state index contributed by atoms with van der Waals surface area (Å²) in [7, 11) is 0. The molecule has 1 amide bonds. The third-order valence-corrected chi connectivity index (χ3v) is 4.71. The van der Waals surface area contributed by atoms with Crippen LogP contribution in [0.15, 0.2) is 48.5 Å². The number of carbonyl (C=O) groups is 1. The summed E-state index contributed by atoms with van der Waals surface area (Å²) in [4.78, 5) is 14.4. The van der Waals surface area contributed by atoms with Crippen LogP contribution < -0.4 is 0 Å². The number of hydrogen-bond acceptors (Lipinski definition) is 2. The molecule has 2 aromatic carbocycles. The first-order chi connectivity index (χ1) is 11.5. The van der Waals surface area contributed by atoms with Crippen molar-refractivity contribution in [1.82, 2.24) is 4.90 Å². The van der Waals surface area contributed by atoms with Crippen LogP contribution >= 0.6 is 0 Å². The van der Waals surface area contributed by atoms with Crippen molar-refractivity contribution >= 4 is 5.91 Å². The molecule has 0 N–H and O–H groups in total. The Morgan fingerprint density at radius 1 is 1.12 bits per heavy atom. The molecule has 24 heavy (non-hydrogen) atoms. The van der Waals surface area contributed by atoms with E-state index in [4.69, 9.17) is 0 Å². The highest BCUT2D eigenvalue weighted by Crippen LogP contribution is 2.30. The Bertz CT molecular complexity index is 784. The lowest BCUT2D eigenvalue weighted by atomic mass is 9.82. The number of amides is 1. The van der Waals surface area contributed by atoms with Gasteiger partial charge in [0, 0.05) is 18.7 Å². The molecule has 0 bridgehead atoms. The first kappa shape index (κ1) is 16.2.